The summed E-state index contributed by atoms with van der Waals surface area (Å²) in [5.74, 6) is 0.345. The first-order valence-corrected chi connectivity index (χ1v) is 8.82. The lowest BCUT2D eigenvalue weighted by atomic mass is 9.67. The van der Waals surface area contributed by atoms with Gasteiger partial charge in [-0.15, -0.1) is 0 Å². The second kappa shape index (κ2) is 6.12. The Kier molecular flexibility index (Phi) is 4.39. The Morgan fingerprint density at radius 1 is 1.32 bits per heavy atom. The van der Waals surface area contributed by atoms with Gasteiger partial charge in [0, 0.05) is 33.5 Å². The lowest BCUT2D eigenvalue weighted by Gasteiger charge is -2.55. The monoisotopic (exact) mass is 349 g/mol. The Labute approximate surface area is 148 Å². The number of carbonyl (C=O) groups excluding carboxylic acids is 2. The van der Waals surface area contributed by atoms with Gasteiger partial charge < -0.3 is 19.3 Å². The van der Waals surface area contributed by atoms with Crippen LogP contribution in [-0.2, 0) is 4.79 Å². The van der Waals surface area contributed by atoms with E-state index in [9.17, 15) is 14.7 Å². The Morgan fingerprint density at radius 3 is 2.48 bits per heavy atom. The summed E-state index contributed by atoms with van der Waals surface area (Å²) in [6.45, 7) is 8.93. The first-order valence-electron chi connectivity index (χ1n) is 8.82. The number of hydrogen-bond donors (Lipinski definition) is 1. The summed E-state index contributed by atoms with van der Waals surface area (Å²) in [5.41, 5.74) is -0.344. The van der Waals surface area contributed by atoms with E-state index in [1.54, 1.807) is 23.6 Å². The summed E-state index contributed by atoms with van der Waals surface area (Å²) < 4.78 is 5.13. The van der Waals surface area contributed by atoms with Crippen molar-refractivity contribution in [2.75, 3.05) is 19.6 Å². The number of nitrogens with zero attached hydrogens (tertiary/aromatic N) is 3. The van der Waals surface area contributed by atoms with Crippen LogP contribution in [0.4, 0.5) is 0 Å². The van der Waals surface area contributed by atoms with Gasteiger partial charge in [-0.1, -0.05) is 0 Å². The number of aromatic nitrogens is 1. The molecule has 2 fully saturated rings. The number of amides is 2. The minimum atomic E-state index is -0.564. The van der Waals surface area contributed by atoms with E-state index in [1.165, 1.54) is 6.26 Å². The van der Waals surface area contributed by atoms with E-state index in [-0.39, 0.29) is 17.2 Å². The fraction of sp³-hybridized carbons (Fsp3) is 0.722. The van der Waals surface area contributed by atoms with Gasteiger partial charge in [0.05, 0.1) is 11.6 Å². The number of likely N-dealkylation sites (tertiary alicyclic amines) is 2. The molecule has 0 aromatic carbocycles. The maximum atomic E-state index is 12.5. The topological polar surface area (TPSA) is 86.9 Å². The van der Waals surface area contributed by atoms with Gasteiger partial charge in [0.2, 0.25) is 5.91 Å². The Balaban J connectivity index is 1.70. The van der Waals surface area contributed by atoms with Crippen LogP contribution in [-0.4, -0.2) is 63.0 Å². The molecule has 25 heavy (non-hydrogen) atoms. The third-order valence-corrected chi connectivity index (χ3v) is 5.96. The Hall–Kier alpha value is -1.89. The highest BCUT2D eigenvalue weighted by molar-refractivity contribution is 5.92. The predicted octanol–water partition coefficient (Wildman–Crippen LogP) is 1.60. The minimum Gasteiger partial charge on any atom is -0.448 e. The third kappa shape index (κ3) is 3.17. The van der Waals surface area contributed by atoms with E-state index in [1.807, 2.05) is 13.8 Å². The quantitative estimate of drug-likeness (QED) is 0.832. The van der Waals surface area contributed by atoms with E-state index in [0.717, 1.165) is 12.8 Å². The lowest BCUT2D eigenvalue weighted by molar-refractivity contribution is -0.156. The van der Waals surface area contributed by atoms with Crippen LogP contribution in [0, 0.1) is 12.3 Å². The van der Waals surface area contributed by atoms with Crippen LogP contribution in [0.3, 0.4) is 0 Å². The molecule has 0 radical (unpaired) electrons. The molecule has 1 atom stereocenters. The van der Waals surface area contributed by atoms with E-state index in [4.69, 9.17) is 4.42 Å². The lowest BCUT2D eigenvalue weighted by Crippen LogP contribution is -2.64. The molecule has 2 saturated heterocycles. The highest BCUT2D eigenvalue weighted by Crippen LogP contribution is 2.45. The molecule has 7 heteroatoms. The van der Waals surface area contributed by atoms with Crippen LogP contribution in [0.15, 0.2) is 10.7 Å². The molecule has 1 aromatic rings. The standard InChI is InChI=1S/C18H27N3O4/c1-12-19-14(10-25-12)16(24)20-7-5-18(6-8-20)9-15(23)17(3,4)21(11-18)13(2)22/h10,15,23H,5-9,11H2,1-4H3. The molecule has 138 valence electrons. The molecule has 0 bridgehead atoms. The van der Waals surface area contributed by atoms with Crippen LogP contribution in [0.5, 0.6) is 0 Å². The molecule has 2 amide bonds. The van der Waals surface area contributed by atoms with Crippen LogP contribution in [0.2, 0.25) is 0 Å². The van der Waals surface area contributed by atoms with Crippen molar-refractivity contribution < 1.29 is 19.1 Å². The summed E-state index contributed by atoms with van der Waals surface area (Å²) in [5, 5.41) is 10.6. The summed E-state index contributed by atoms with van der Waals surface area (Å²) in [4.78, 5) is 32.3. The van der Waals surface area contributed by atoms with Gasteiger partial charge in [-0.2, -0.15) is 0 Å². The number of oxazole rings is 1. The molecule has 1 unspecified atom stereocenters. The second-order valence-corrected chi connectivity index (χ2v) is 8.02. The van der Waals surface area contributed by atoms with Crippen molar-refractivity contribution in [1.29, 1.82) is 0 Å². The first-order chi connectivity index (χ1) is 11.6. The number of aliphatic hydroxyl groups excluding tert-OH is 1. The Bertz CT molecular complexity index is 674. The molecular formula is C18H27N3O4. The number of rotatable bonds is 1. The molecule has 1 aromatic heterocycles. The van der Waals surface area contributed by atoms with Crippen molar-refractivity contribution in [1.82, 2.24) is 14.8 Å². The molecule has 2 aliphatic heterocycles. The van der Waals surface area contributed by atoms with Crippen LogP contribution in [0.1, 0.15) is 56.4 Å². The van der Waals surface area contributed by atoms with Gasteiger partial charge >= 0.3 is 0 Å². The van der Waals surface area contributed by atoms with Crippen LogP contribution >= 0.6 is 0 Å². The maximum absolute atomic E-state index is 12.5. The van der Waals surface area contributed by atoms with Crippen molar-refractivity contribution in [2.45, 2.75) is 58.6 Å². The van der Waals surface area contributed by atoms with E-state index in [0.29, 0.717) is 37.6 Å². The minimum absolute atomic E-state index is 0.0142. The molecule has 3 rings (SSSR count). The number of hydrogen-bond acceptors (Lipinski definition) is 5. The third-order valence-electron chi connectivity index (χ3n) is 5.96. The Morgan fingerprint density at radius 2 is 1.96 bits per heavy atom. The molecule has 7 nitrogen and oxygen atoms in total. The van der Waals surface area contributed by atoms with Gasteiger partial charge in [0.1, 0.15) is 6.26 Å². The smallest absolute Gasteiger partial charge is 0.275 e. The molecule has 3 heterocycles. The maximum Gasteiger partial charge on any atom is 0.275 e. The zero-order valence-corrected chi connectivity index (χ0v) is 15.4. The number of aryl methyl sites for hydroxylation is 1. The fourth-order valence-electron chi connectivity index (χ4n) is 4.13. The number of carbonyl (C=O) groups is 2. The predicted molar refractivity (Wildman–Crippen MR) is 90.9 cm³/mol. The number of piperidine rings is 2. The average molecular weight is 349 g/mol. The van der Waals surface area contributed by atoms with Crippen molar-refractivity contribution in [2.24, 2.45) is 5.41 Å². The molecule has 1 spiro atoms. The summed E-state index contributed by atoms with van der Waals surface area (Å²) in [6, 6.07) is 0. The average Bonchev–Trinajstić information content (AvgIpc) is 2.98. The normalized spacial score (nSPS) is 25.2. The van der Waals surface area contributed by atoms with Gasteiger partial charge in [0.15, 0.2) is 11.6 Å². The van der Waals surface area contributed by atoms with Crippen molar-refractivity contribution >= 4 is 11.8 Å². The summed E-state index contributed by atoms with van der Waals surface area (Å²) in [7, 11) is 0. The highest BCUT2D eigenvalue weighted by atomic mass is 16.3. The number of aliphatic hydroxyl groups is 1. The molecule has 0 aliphatic carbocycles. The van der Waals surface area contributed by atoms with Gasteiger partial charge in [-0.3, -0.25) is 9.59 Å². The summed E-state index contributed by atoms with van der Waals surface area (Å²) >= 11 is 0. The van der Waals surface area contributed by atoms with Crippen molar-refractivity contribution in [3.63, 3.8) is 0 Å². The largest absolute Gasteiger partial charge is 0.448 e. The highest BCUT2D eigenvalue weighted by Gasteiger charge is 2.50. The zero-order valence-electron chi connectivity index (χ0n) is 15.4. The van der Waals surface area contributed by atoms with Crippen molar-refractivity contribution in [3.05, 3.63) is 17.8 Å². The molecular weight excluding hydrogens is 322 g/mol. The fourth-order valence-corrected chi connectivity index (χ4v) is 4.13. The molecule has 1 N–H and O–H groups in total. The molecule has 0 saturated carbocycles. The van der Waals surface area contributed by atoms with Crippen molar-refractivity contribution in [3.8, 4) is 0 Å². The van der Waals surface area contributed by atoms with E-state index in [2.05, 4.69) is 4.98 Å². The summed E-state index contributed by atoms with van der Waals surface area (Å²) in [6.07, 6.45) is 3.03. The van der Waals surface area contributed by atoms with Gasteiger partial charge in [-0.05, 0) is 38.5 Å². The first kappa shape index (κ1) is 17.9. The van der Waals surface area contributed by atoms with E-state index >= 15 is 0 Å². The van der Waals surface area contributed by atoms with Gasteiger partial charge in [0.25, 0.3) is 5.91 Å². The zero-order chi connectivity index (χ0) is 18.4. The SMILES string of the molecule is CC(=O)N1CC2(CCN(C(=O)c3coc(C)n3)CC2)CC(O)C1(C)C. The van der Waals surface area contributed by atoms with Crippen LogP contribution < -0.4 is 0 Å². The van der Waals surface area contributed by atoms with Crippen LogP contribution in [0.25, 0.3) is 0 Å². The molecule has 2 aliphatic rings. The second-order valence-electron chi connectivity index (χ2n) is 8.02. The van der Waals surface area contributed by atoms with E-state index < -0.39 is 11.6 Å². The van der Waals surface area contributed by atoms with Gasteiger partial charge in [-0.25, -0.2) is 4.98 Å².